The number of aryl methyl sites for hydroxylation is 1. The van der Waals surface area contributed by atoms with Gasteiger partial charge in [0.25, 0.3) is 0 Å². The minimum atomic E-state index is 0.588. The molecule has 1 N–H and O–H groups in total. The molecule has 2 heterocycles. The summed E-state index contributed by atoms with van der Waals surface area (Å²) in [6, 6.07) is 5.65. The molecule has 5 heteroatoms. The van der Waals surface area contributed by atoms with E-state index in [1.54, 1.807) is 6.26 Å². The summed E-state index contributed by atoms with van der Waals surface area (Å²) in [6.45, 7) is 5.17. The first-order valence-corrected chi connectivity index (χ1v) is 6.02. The van der Waals surface area contributed by atoms with Gasteiger partial charge in [-0.3, -0.25) is 0 Å². The maximum atomic E-state index is 5.37. The third-order valence-corrected chi connectivity index (χ3v) is 2.36. The zero-order valence-electron chi connectivity index (χ0n) is 10.6. The van der Waals surface area contributed by atoms with Gasteiger partial charge in [-0.05, 0) is 26.0 Å². The zero-order chi connectivity index (χ0) is 12.8. The summed E-state index contributed by atoms with van der Waals surface area (Å²) in [5.74, 6) is 2.13. The van der Waals surface area contributed by atoms with Crippen LogP contribution in [0.15, 0.2) is 28.9 Å². The minimum Gasteiger partial charge on any atom is -0.478 e. The zero-order valence-corrected chi connectivity index (χ0v) is 10.6. The molecular weight excluding hydrogens is 230 g/mol. The number of anilines is 1. The summed E-state index contributed by atoms with van der Waals surface area (Å²) < 4.78 is 10.6. The minimum absolute atomic E-state index is 0.588. The van der Waals surface area contributed by atoms with Crippen LogP contribution in [0.3, 0.4) is 0 Å². The fourth-order valence-corrected chi connectivity index (χ4v) is 1.59. The van der Waals surface area contributed by atoms with Gasteiger partial charge in [0.15, 0.2) is 0 Å². The van der Waals surface area contributed by atoms with Crippen molar-refractivity contribution in [1.29, 1.82) is 0 Å². The first kappa shape index (κ1) is 12.4. The van der Waals surface area contributed by atoms with Crippen molar-refractivity contribution in [3.8, 4) is 5.88 Å². The molecule has 2 aromatic rings. The molecule has 0 radical (unpaired) electrons. The second kappa shape index (κ2) is 6.05. The van der Waals surface area contributed by atoms with Crippen LogP contribution in [-0.2, 0) is 6.42 Å². The summed E-state index contributed by atoms with van der Waals surface area (Å²) in [5, 5.41) is 3.16. The van der Waals surface area contributed by atoms with Gasteiger partial charge in [0.2, 0.25) is 11.8 Å². The molecule has 0 saturated heterocycles. The van der Waals surface area contributed by atoms with Crippen LogP contribution in [0, 0.1) is 6.92 Å². The molecule has 0 bridgehead atoms. The third-order valence-electron chi connectivity index (χ3n) is 2.36. The van der Waals surface area contributed by atoms with Gasteiger partial charge in [0, 0.05) is 24.7 Å². The van der Waals surface area contributed by atoms with E-state index in [-0.39, 0.29) is 0 Å². The van der Waals surface area contributed by atoms with E-state index in [9.17, 15) is 0 Å². The summed E-state index contributed by atoms with van der Waals surface area (Å²) >= 11 is 0. The first-order chi connectivity index (χ1) is 8.78. The van der Waals surface area contributed by atoms with E-state index in [4.69, 9.17) is 9.15 Å². The van der Waals surface area contributed by atoms with Gasteiger partial charge in [-0.1, -0.05) is 0 Å². The van der Waals surface area contributed by atoms with Gasteiger partial charge in [0.1, 0.15) is 5.76 Å². The van der Waals surface area contributed by atoms with Crippen LogP contribution in [0.25, 0.3) is 0 Å². The number of hydrogen-bond acceptors (Lipinski definition) is 5. The normalized spacial score (nSPS) is 10.3. The smallest absolute Gasteiger partial charge is 0.226 e. The fraction of sp³-hybridized carbons (Fsp3) is 0.385. The molecule has 0 aliphatic carbocycles. The maximum absolute atomic E-state index is 5.37. The van der Waals surface area contributed by atoms with Crippen LogP contribution in [0.2, 0.25) is 0 Å². The Morgan fingerprint density at radius 1 is 1.39 bits per heavy atom. The van der Waals surface area contributed by atoms with Crippen molar-refractivity contribution in [3.63, 3.8) is 0 Å². The highest BCUT2D eigenvalue weighted by Gasteiger charge is 2.03. The van der Waals surface area contributed by atoms with Gasteiger partial charge in [0.05, 0.1) is 12.9 Å². The molecule has 0 atom stereocenters. The SMILES string of the molecule is CCOc1cc(C)nc(NCCc2ccco2)n1. The average molecular weight is 247 g/mol. The van der Waals surface area contributed by atoms with Crippen LogP contribution >= 0.6 is 0 Å². The summed E-state index contributed by atoms with van der Waals surface area (Å²) in [4.78, 5) is 8.57. The summed E-state index contributed by atoms with van der Waals surface area (Å²) in [7, 11) is 0. The Morgan fingerprint density at radius 3 is 3.00 bits per heavy atom. The van der Waals surface area contributed by atoms with Crippen LogP contribution in [0.4, 0.5) is 5.95 Å². The molecule has 2 aromatic heterocycles. The Labute approximate surface area is 106 Å². The van der Waals surface area contributed by atoms with E-state index in [0.717, 1.165) is 24.4 Å². The van der Waals surface area contributed by atoms with Crippen molar-refractivity contribution in [1.82, 2.24) is 9.97 Å². The quantitative estimate of drug-likeness (QED) is 0.849. The predicted octanol–water partition coefficient (Wildman–Crippen LogP) is 2.43. The van der Waals surface area contributed by atoms with Crippen molar-refractivity contribution < 1.29 is 9.15 Å². The lowest BCUT2D eigenvalue weighted by molar-refractivity contribution is 0.326. The first-order valence-electron chi connectivity index (χ1n) is 6.02. The highest BCUT2D eigenvalue weighted by molar-refractivity contribution is 5.30. The second-order valence-corrected chi connectivity index (χ2v) is 3.86. The molecular formula is C13H17N3O2. The Morgan fingerprint density at radius 2 is 2.28 bits per heavy atom. The molecule has 0 unspecified atom stereocenters. The highest BCUT2D eigenvalue weighted by Crippen LogP contribution is 2.12. The number of aromatic nitrogens is 2. The second-order valence-electron chi connectivity index (χ2n) is 3.86. The maximum Gasteiger partial charge on any atom is 0.226 e. The van der Waals surface area contributed by atoms with E-state index in [1.165, 1.54) is 0 Å². The van der Waals surface area contributed by atoms with Gasteiger partial charge in [-0.25, -0.2) is 4.98 Å². The van der Waals surface area contributed by atoms with E-state index < -0.39 is 0 Å². The molecule has 0 amide bonds. The van der Waals surface area contributed by atoms with E-state index in [2.05, 4.69) is 15.3 Å². The van der Waals surface area contributed by atoms with Gasteiger partial charge >= 0.3 is 0 Å². The lowest BCUT2D eigenvalue weighted by Gasteiger charge is -2.07. The number of furan rings is 1. The molecule has 0 aliphatic rings. The Hall–Kier alpha value is -2.04. The van der Waals surface area contributed by atoms with Crippen molar-refractivity contribution >= 4 is 5.95 Å². The lowest BCUT2D eigenvalue weighted by atomic mass is 10.3. The monoisotopic (exact) mass is 247 g/mol. The van der Waals surface area contributed by atoms with Crippen molar-refractivity contribution in [2.75, 3.05) is 18.5 Å². The van der Waals surface area contributed by atoms with Crippen LogP contribution < -0.4 is 10.1 Å². The van der Waals surface area contributed by atoms with Crippen LogP contribution in [0.1, 0.15) is 18.4 Å². The standard InChI is InChI=1S/C13H17N3O2/c1-3-17-12-9-10(2)15-13(16-12)14-7-6-11-5-4-8-18-11/h4-5,8-9H,3,6-7H2,1-2H3,(H,14,15,16). The number of rotatable bonds is 6. The number of hydrogen-bond donors (Lipinski definition) is 1. The van der Waals surface area contributed by atoms with Crippen LogP contribution in [0.5, 0.6) is 5.88 Å². The van der Waals surface area contributed by atoms with Gasteiger partial charge in [-0.2, -0.15) is 4.98 Å². The molecule has 0 saturated carbocycles. The van der Waals surface area contributed by atoms with Crippen LogP contribution in [-0.4, -0.2) is 23.1 Å². The molecule has 2 rings (SSSR count). The number of nitrogens with one attached hydrogen (secondary N) is 1. The lowest BCUT2D eigenvalue weighted by Crippen LogP contribution is -2.09. The molecule has 0 aromatic carbocycles. The van der Waals surface area contributed by atoms with E-state index >= 15 is 0 Å². The Bertz CT molecular complexity index is 483. The van der Waals surface area contributed by atoms with Crippen molar-refractivity contribution in [2.45, 2.75) is 20.3 Å². The Balaban J connectivity index is 1.92. The molecule has 96 valence electrons. The number of nitrogens with zero attached hydrogens (tertiary/aromatic N) is 2. The van der Waals surface area contributed by atoms with Gasteiger partial charge in [-0.15, -0.1) is 0 Å². The largest absolute Gasteiger partial charge is 0.478 e. The molecule has 18 heavy (non-hydrogen) atoms. The van der Waals surface area contributed by atoms with E-state index in [0.29, 0.717) is 18.4 Å². The molecule has 0 aliphatic heterocycles. The third kappa shape index (κ3) is 3.48. The fourth-order valence-electron chi connectivity index (χ4n) is 1.59. The summed E-state index contributed by atoms with van der Waals surface area (Å²) in [5.41, 5.74) is 0.883. The van der Waals surface area contributed by atoms with Gasteiger partial charge < -0.3 is 14.5 Å². The molecule has 0 spiro atoms. The van der Waals surface area contributed by atoms with Crippen molar-refractivity contribution in [2.24, 2.45) is 0 Å². The number of ether oxygens (including phenoxy) is 1. The molecule has 5 nitrogen and oxygen atoms in total. The predicted molar refractivity (Wildman–Crippen MR) is 68.8 cm³/mol. The average Bonchev–Trinajstić information content (AvgIpc) is 2.82. The van der Waals surface area contributed by atoms with E-state index in [1.807, 2.05) is 32.0 Å². The Kier molecular flexibility index (Phi) is 4.17. The topological polar surface area (TPSA) is 60.2 Å². The molecule has 0 fully saturated rings. The van der Waals surface area contributed by atoms with Crippen molar-refractivity contribution in [3.05, 3.63) is 35.9 Å². The highest BCUT2D eigenvalue weighted by atomic mass is 16.5. The summed E-state index contributed by atoms with van der Waals surface area (Å²) in [6.07, 6.45) is 2.47.